The molecule has 1 atom stereocenters. The molecule has 1 saturated carbocycles. The van der Waals surface area contributed by atoms with Crippen molar-refractivity contribution in [1.82, 2.24) is 5.32 Å². The summed E-state index contributed by atoms with van der Waals surface area (Å²) >= 11 is 0. The van der Waals surface area contributed by atoms with Crippen molar-refractivity contribution in [2.24, 2.45) is 5.73 Å². The maximum atomic E-state index is 11.3. The van der Waals surface area contributed by atoms with Crippen LogP contribution in [-0.4, -0.2) is 31.2 Å². The maximum absolute atomic E-state index is 11.3. The van der Waals surface area contributed by atoms with Crippen LogP contribution in [0.25, 0.3) is 0 Å². The first kappa shape index (κ1) is 13.5. The minimum atomic E-state index is -0.380. The van der Waals surface area contributed by atoms with E-state index in [2.05, 4.69) is 5.32 Å². The van der Waals surface area contributed by atoms with E-state index < -0.39 is 0 Å². The van der Waals surface area contributed by atoms with Crippen molar-refractivity contribution in [3.8, 4) is 0 Å². The second-order valence-electron chi connectivity index (χ2n) is 4.44. The molecule has 16 heavy (non-hydrogen) atoms. The van der Waals surface area contributed by atoms with Crippen LogP contribution in [0.2, 0.25) is 0 Å². The van der Waals surface area contributed by atoms with Crippen LogP contribution in [0.3, 0.4) is 0 Å². The van der Waals surface area contributed by atoms with Crippen molar-refractivity contribution in [3.05, 3.63) is 0 Å². The fourth-order valence-electron chi connectivity index (χ4n) is 1.95. The van der Waals surface area contributed by atoms with Crippen molar-refractivity contribution in [1.29, 1.82) is 0 Å². The molecule has 0 aliphatic heterocycles. The minimum absolute atomic E-state index is 0.0743. The van der Waals surface area contributed by atoms with E-state index in [9.17, 15) is 4.79 Å². The van der Waals surface area contributed by atoms with Gasteiger partial charge in [0.25, 0.3) is 0 Å². The molecule has 0 aromatic carbocycles. The van der Waals surface area contributed by atoms with Crippen molar-refractivity contribution >= 4 is 5.91 Å². The molecule has 4 heteroatoms. The molecule has 1 aliphatic carbocycles. The molecule has 1 fully saturated rings. The first-order chi connectivity index (χ1) is 7.74. The first-order valence-corrected chi connectivity index (χ1v) is 6.39. The summed E-state index contributed by atoms with van der Waals surface area (Å²) in [6.07, 6.45) is 7.31. The number of ether oxygens (including phenoxy) is 1. The van der Waals surface area contributed by atoms with Gasteiger partial charge in [-0.1, -0.05) is 26.2 Å². The first-order valence-electron chi connectivity index (χ1n) is 6.39. The number of carbonyl (C=O) groups is 1. The third-order valence-electron chi connectivity index (χ3n) is 3.08. The molecular weight excluding hydrogens is 204 g/mol. The SMILES string of the molecule is CC[C@H](N)C(=O)NCCOC1CCCCC1. The highest BCUT2D eigenvalue weighted by atomic mass is 16.5. The highest BCUT2D eigenvalue weighted by Gasteiger charge is 2.14. The largest absolute Gasteiger partial charge is 0.376 e. The maximum Gasteiger partial charge on any atom is 0.236 e. The standard InChI is InChI=1S/C12H24N2O2/c1-2-11(13)12(15)14-8-9-16-10-6-4-3-5-7-10/h10-11H,2-9,13H2,1H3,(H,14,15)/t11-/m0/s1. The predicted octanol–water partition coefficient (Wildman–Crippen LogP) is 1.19. The molecule has 0 aromatic rings. The number of nitrogens with one attached hydrogen (secondary N) is 1. The quantitative estimate of drug-likeness (QED) is 0.671. The third-order valence-corrected chi connectivity index (χ3v) is 3.08. The van der Waals surface area contributed by atoms with E-state index in [0.29, 0.717) is 25.7 Å². The van der Waals surface area contributed by atoms with Crippen LogP contribution in [-0.2, 0) is 9.53 Å². The van der Waals surface area contributed by atoms with Gasteiger partial charge in [0.1, 0.15) is 0 Å². The van der Waals surface area contributed by atoms with E-state index in [4.69, 9.17) is 10.5 Å². The molecule has 0 aromatic heterocycles. The van der Waals surface area contributed by atoms with Crippen molar-refractivity contribution in [3.63, 3.8) is 0 Å². The van der Waals surface area contributed by atoms with Crippen molar-refractivity contribution < 1.29 is 9.53 Å². The lowest BCUT2D eigenvalue weighted by molar-refractivity contribution is -0.122. The average Bonchev–Trinajstić information content (AvgIpc) is 2.34. The molecule has 0 heterocycles. The van der Waals surface area contributed by atoms with Crippen LogP contribution in [0.4, 0.5) is 0 Å². The number of rotatable bonds is 6. The van der Waals surface area contributed by atoms with Crippen molar-refractivity contribution in [2.75, 3.05) is 13.2 Å². The smallest absolute Gasteiger partial charge is 0.236 e. The van der Waals surface area contributed by atoms with E-state index in [1.807, 2.05) is 6.92 Å². The summed E-state index contributed by atoms with van der Waals surface area (Å²) in [6, 6.07) is -0.380. The van der Waals surface area contributed by atoms with Gasteiger partial charge in [-0.2, -0.15) is 0 Å². The van der Waals surface area contributed by atoms with E-state index in [1.165, 1.54) is 32.1 Å². The molecule has 1 rings (SSSR count). The highest BCUT2D eigenvalue weighted by molar-refractivity contribution is 5.81. The zero-order valence-electron chi connectivity index (χ0n) is 10.2. The van der Waals surface area contributed by atoms with Gasteiger partial charge in [0, 0.05) is 6.54 Å². The summed E-state index contributed by atoms with van der Waals surface area (Å²) < 4.78 is 5.69. The Morgan fingerprint density at radius 1 is 1.44 bits per heavy atom. The van der Waals surface area contributed by atoms with Gasteiger partial charge in [0.2, 0.25) is 5.91 Å². The average molecular weight is 228 g/mol. The lowest BCUT2D eigenvalue weighted by Crippen LogP contribution is -2.41. The van der Waals surface area contributed by atoms with Gasteiger partial charge >= 0.3 is 0 Å². The van der Waals surface area contributed by atoms with E-state index in [1.54, 1.807) is 0 Å². The lowest BCUT2D eigenvalue weighted by Gasteiger charge is -2.22. The summed E-state index contributed by atoms with van der Waals surface area (Å²) in [5, 5.41) is 2.78. The number of nitrogens with two attached hydrogens (primary N) is 1. The molecule has 1 amide bonds. The Labute approximate surface area is 97.9 Å². The van der Waals surface area contributed by atoms with Gasteiger partial charge in [-0.05, 0) is 19.3 Å². The molecule has 0 spiro atoms. The molecular formula is C12H24N2O2. The van der Waals surface area contributed by atoms with Crippen molar-refractivity contribution in [2.45, 2.75) is 57.6 Å². The zero-order chi connectivity index (χ0) is 11.8. The molecule has 0 saturated heterocycles. The monoisotopic (exact) mass is 228 g/mol. The Morgan fingerprint density at radius 3 is 2.75 bits per heavy atom. The van der Waals surface area contributed by atoms with E-state index in [0.717, 1.165) is 0 Å². The van der Waals surface area contributed by atoms with Crippen LogP contribution in [0.1, 0.15) is 45.4 Å². The Morgan fingerprint density at radius 2 is 2.12 bits per heavy atom. The molecule has 4 nitrogen and oxygen atoms in total. The highest BCUT2D eigenvalue weighted by Crippen LogP contribution is 2.19. The molecule has 0 radical (unpaired) electrons. The van der Waals surface area contributed by atoms with Crippen LogP contribution in [0.5, 0.6) is 0 Å². The Balaban J connectivity index is 2.00. The fraction of sp³-hybridized carbons (Fsp3) is 0.917. The molecule has 94 valence electrons. The molecule has 0 unspecified atom stereocenters. The van der Waals surface area contributed by atoms with E-state index in [-0.39, 0.29) is 11.9 Å². The predicted molar refractivity (Wildman–Crippen MR) is 64.1 cm³/mol. The number of carbonyl (C=O) groups excluding carboxylic acids is 1. The van der Waals surface area contributed by atoms with Crippen LogP contribution in [0, 0.1) is 0 Å². The topological polar surface area (TPSA) is 64.4 Å². The molecule has 3 N–H and O–H groups in total. The summed E-state index contributed by atoms with van der Waals surface area (Å²) in [7, 11) is 0. The normalized spacial score (nSPS) is 19.4. The minimum Gasteiger partial charge on any atom is -0.376 e. The number of amides is 1. The van der Waals surface area contributed by atoms with Crippen LogP contribution in [0.15, 0.2) is 0 Å². The van der Waals surface area contributed by atoms with Gasteiger partial charge in [-0.15, -0.1) is 0 Å². The Bertz CT molecular complexity index is 203. The van der Waals surface area contributed by atoms with E-state index >= 15 is 0 Å². The summed E-state index contributed by atoms with van der Waals surface area (Å²) in [5.74, 6) is -0.0743. The molecule has 1 aliphatic rings. The van der Waals surface area contributed by atoms with Gasteiger partial charge < -0.3 is 15.8 Å². The third kappa shape index (κ3) is 4.94. The summed E-state index contributed by atoms with van der Waals surface area (Å²) in [4.78, 5) is 11.3. The van der Waals surface area contributed by atoms with Crippen LogP contribution < -0.4 is 11.1 Å². The number of hydrogen-bond donors (Lipinski definition) is 2. The van der Waals surface area contributed by atoms with Gasteiger partial charge in [-0.3, -0.25) is 4.79 Å². The summed E-state index contributed by atoms with van der Waals surface area (Å²) in [5.41, 5.74) is 5.59. The van der Waals surface area contributed by atoms with Gasteiger partial charge in [0.15, 0.2) is 0 Å². The van der Waals surface area contributed by atoms with Gasteiger partial charge in [-0.25, -0.2) is 0 Å². The second-order valence-corrected chi connectivity index (χ2v) is 4.44. The Kier molecular flexibility index (Phi) is 6.42. The molecule has 0 bridgehead atoms. The summed E-state index contributed by atoms with van der Waals surface area (Å²) in [6.45, 7) is 3.08. The van der Waals surface area contributed by atoms with Gasteiger partial charge in [0.05, 0.1) is 18.8 Å². The zero-order valence-corrected chi connectivity index (χ0v) is 10.2. The lowest BCUT2D eigenvalue weighted by atomic mass is 9.98. The van der Waals surface area contributed by atoms with Crippen LogP contribution >= 0.6 is 0 Å². The number of hydrogen-bond acceptors (Lipinski definition) is 3. The fourth-order valence-corrected chi connectivity index (χ4v) is 1.95. The second kappa shape index (κ2) is 7.63. The Hall–Kier alpha value is -0.610.